The van der Waals surface area contributed by atoms with E-state index in [1.807, 2.05) is 0 Å². The summed E-state index contributed by atoms with van der Waals surface area (Å²) in [5, 5.41) is 3.75. The molecule has 3 aliphatic rings. The first kappa shape index (κ1) is 15.7. The summed E-state index contributed by atoms with van der Waals surface area (Å²) in [5.41, 5.74) is 0. The lowest BCUT2D eigenvalue weighted by molar-refractivity contribution is 0.0160. The number of ether oxygens (including phenoxy) is 1. The van der Waals surface area contributed by atoms with E-state index < -0.39 is 0 Å². The summed E-state index contributed by atoms with van der Waals surface area (Å²) < 4.78 is 5.50. The third-order valence-corrected chi connectivity index (χ3v) is 5.77. The molecule has 3 fully saturated rings. The summed E-state index contributed by atoms with van der Waals surface area (Å²) in [5.74, 6) is 0.896. The van der Waals surface area contributed by atoms with Gasteiger partial charge in [0.1, 0.15) is 0 Å². The van der Waals surface area contributed by atoms with Gasteiger partial charge in [-0.15, -0.1) is 0 Å². The molecule has 1 saturated carbocycles. The SMILES string of the molecule is CCNC1CCC(C)CC1N1CCC(N2CCOCC2)C1. The van der Waals surface area contributed by atoms with Crippen LogP contribution >= 0.6 is 0 Å². The predicted octanol–water partition coefficient (Wildman–Crippen LogP) is 1.56. The maximum Gasteiger partial charge on any atom is 0.0594 e. The van der Waals surface area contributed by atoms with E-state index in [4.69, 9.17) is 4.74 Å². The fraction of sp³-hybridized carbons (Fsp3) is 1.00. The maximum atomic E-state index is 5.50. The molecule has 0 aromatic rings. The first-order chi connectivity index (χ1) is 10.3. The molecule has 0 amide bonds. The molecular formula is C17H33N3O. The summed E-state index contributed by atoms with van der Waals surface area (Å²) in [6, 6.07) is 2.25. The van der Waals surface area contributed by atoms with E-state index >= 15 is 0 Å². The van der Waals surface area contributed by atoms with Crippen LogP contribution in [-0.4, -0.2) is 73.9 Å². The average molecular weight is 295 g/mol. The molecule has 4 heteroatoms. The Hall–Kier alpha value is -0.160. The van der Waals surface area contributed by atoms with Gasteiger partial charge in [-0.2, -0.15) is 0 Å². The largest absolute Gasteiger partial charge is 0.379 e. The van der Waals surface area contributed by atoms with Crippen molar-refractivity contribution >= 4 is 0 Å². The molecule has 0 radical (unpaired) electrons. The van der Waals surface area contributed by atoms with Gasteiger partial charge in [0.25, 0.3) is 0 Å². The number of morpholine rings is 1. The molecule has 1 aliphatic carbocycles. The van der Waals surface area contributed by atoms with Crippen LogP contribution in [0.1, 0.15) is 39.5 Å². The minimum atomic E-state index is 0.717. The van der Waals surface area contributed by atoms with Gasteiger partial charge in [0, 0.05) is 44.3 Å². The second kappa shape index (κ2) is 7.40. The molecule has 2 saturated heterocycles. The quantitative estimate of drug-likeness (QED) is 0.852. The Morgan fingerprint density at radius 3 is 2.62 bits per heavy atom. The standard InChI is InChI=1S/C17H33N3O/c1-3-18-16-5-4-14(2)12-17(16)20-7-6-15(13-20)19-8-10-21-11-9-19/h14-18H,3-13H2,1-2H3. The summed E-state index contributed by atoms with van der Waals surface area (Å²) in [6.07, 6.45) is 5.49. The van der Waals surface area contributed by atoms with E-state index in [0.29, 0.717) is 0 Å². The number of likely N-dealkylation sites (tertiary alicyclic amines) is 1. The monoisotopic (exact) mass is 295 g/mol. The van der Waals surface area contributed by atoms with Gasteiger partial charge in [-0.3, -0.25) is 9.80 Å². The average Bonchev–Trinajstić information content (AvgIpc) is 3.00. The van der Waals surface area contributed by atoms with E-state index in [1.54, 1.807) is 0 Å². The summed E-state index contributed by atoms with van der Waals surface area (Å²) in [7, 11) is 0. The lowest BCUT2D eigenvalue weighted by Crippen LogP contribution is -2.53. The Labute approximate surface area is 130 Å². The Morgan fingerprint density at radius 2 is 1.86 bits per heavy atom. The van der Waals surface area contributed by atoms with Gasteiger partial charge in [0.2, 0.25) is 0 Å². The van der Waals surface area contributed by atoms with Crippen molar-refractivity contribution in [1.82, 2.24) is 15.1 Å². The van der Waals surface area contributed by atoms with E-state index in [2.05, 4.69) is 29.0 Å². The van der Waals surface area contributed by atoms with Crippen LogP contribution in [0.15, 0.2) is 0 Å². The van der Waals surface area contributed by atoms with E-state index in [-0.39, 0.29) is 0 Å². The highest BCUT2D eigenvalue weighted by Gasteiger charge is 2.37. The molecule has 2 heterocycles. The Balaban J connectivity index is 1.57. The van der Waals surface area contributed by atoms with Gasteiger partial charge >= 0.3 is 0 Å². The fourth-order valence-electron chi connectivity index (χ4n) is 4.56. The van der Waals surface area contributed by atoms with Crippen LogP contribution in [0.5, 0.6) is 0 Å². The van der Waals surface area contributed by atoms with Crippen LogP contribution < -0.4 is 5.32 Å². The molecule has 122 valence electrons. The summed E-state index contributed by atoms with van der Waals surface area (Å²) >= 11 is 0. The lowest BCUT2D eigenvalue weighted by atomic mass is 9.82. The number of hydrogen-bond donors (Lipinski definition) is 1. The highest BCUT2D eigenvalue weighted by atomic mass is 16.5. The van der Waals surface area contributed by atoms with Crippen LogP contribution in [0.2, 0.25) is 0 Å². The number of nitrogens with one attached hydrogen (secondary N) is 1. The first-order valence-corrected chi connectivity index (χ1v) is 9.07. The zero-order valence-corrected chi connectivity index (χ0v) is 13.9. The van der Waals surface area contributed by atoms with Gasteiger partial charge in [0.15, 0.2) is 0 Å². The van der Waals surface area contributed by atoms with Crippen LogP contribution in [0, 0.1) is 5.92 Å². The van der Waals surface area contributed by atoms with E-state index in [9.17, 15) is 0 Å². The lowest BCUT2D eigenvalue weighted by Gasteiger charge is -2.41. The van der Waals surface area contributed by atoms with Gasteiger partial charge in [-0.25, -0.2) is 0 Å². The molecule has 1 N–H and O–H groups in total. The normalized spacial score (nSPS) is 39.7. The van der Waals surface area contributed by atoms with Crippen LogP contribution in [0.3, 0.4) is 0 Å². The second-order valence-electron chi connectivity index (χ2n) is 7.24. The van der Waals surface area contributed by atoms with Crippen molar-refractivity contribution in [2.45, 2.75) is 57.7 Å². The smallest absolute Gasteiger partial charge is 0.0594 e. The topological polar surface area (TPSA) is 27.7 Å². The number of likely N-dealkylation sites (N-methyl/N-ethyl adjacent to an activating group) is 1. The molecule has 4 unspecified atom stereocenters. The third-order valence-electron chi connectivity index (χ3n) is 5.77. The molecule has 21 heavy (non-hydrogen) atoms. The van der Waals surface area contributed by atoms with Crippen molar-refractivity contribution in [2.75, 3.05) is 45.9 Å². The fourth-order valence-corrected chi connectivity index (χ4v) is 4.56. The summed E-state index contributed by atoms with van der Waals surface area (Å²) in [4.78, 5) is 5.46. The first-order valence-electron chi connectivity index (χ1n) is 9.07. The predicted molar refractivity (Wildman–Crippen MR) is 86.6 cm³/mol. The number of rotatable bonds is 4. The second-order valence-corrected chi connectivity index (χ2v) is 7.24. The number of hydrogen-bond acceptors (Lipinski definition) is 4. The van der Waals surface area contributed by atoms with Gasteiger partial charge < -0.3 is 10.1 Å². The minimum Gasteiger partial charge on any atom is -0.379 e. The molecule has 2 aliphatic heterocycles. The number of nitrogens with zero attached hydrogens (tertiary/aromatic N) is 2. The van der Waals surface area contributed by atoms with E-state index in [1.165, 1.54) is 38.8 Å². The molecule has 4 atom stereocenters. The molecule has 0 aromatic heterocycles. The van der Waals surface area contributed by atoms with Crippen LogP contribution in [-0.2, 0) is 4.74 Å². The van der Waals surface area contributed by atoms with Crippen molar-refractivity contribution < 1.29 is 4.74 Å². The van der Waals surface area contributed by atoms with Crippen molar-refractivity contribution in [1.29, 1.82) is 0 Å². The van der Waals surface area contributed by atoms with E-state index in [0.717, 1.165) is 56.9 Å². The highest BCUT2D eigenvalue weighted by molar-refractivity contribution is 4.95. The van der Waals surface area contributed by atoms with Crippen molar-refractivity contribution in [2.24, 2.45) is 5.92 Å². The highest BCUT2D eigenvalue weighted by Crippen LogP contribution is 2.31. The molecule has 3 rings (SSSR count). The summed E-state index contributed by atoms with van der Waals surface area (Å²) in [6.45, 7) is 12.5. The molecule has 0 bridgehead atoms. The third kappa shape index (κ3) is 3.79. The van der Waals surface area contributed by atoms with Crippen molar-refractivity contribution in [3.63, 3.8) is 0 Å². The molecule has 0 aromatic carbocycles. The Bertz CT molecular complexity index is 319. The van der Waals surface area contributed by atoms with Crippen LogP contribution in [0.4, 0.5) is 0 Å². The molecular weight excluding hydrogens is 262 g/mol. The maximum absolute atomic E-state index is 5.50. The minimum absolute atomic E-state index is 0.717. The molecule has 4 nitrogen and oxygen atoms in total. The van der Waals surface area contributed by atoms with Gasteiger partial charge in [0.05, 0.1) is 13.2 Å². The van der Waals surface area contributed by atoms with Crippen molar-refractivity contribution in [3.05, 3.63) is 0 Å². The zero-order chi connectivity index (χ0) is 14.7. The Morgan fingerprint density at radius 1 is 1.05 bits per heavy atom. The van der Waals surface area contributed by atoms with Crippen molar-refractivity contribution in [3.8, 4) is 0 Å². The van der Waals surface area contributed by atoms with Gasteiger partial charge in [-0.1, -0.05) is 13.8 Å². The molecule has 0 spiro atoms. The zero-order valence-electron chi connectivity index (χ0n) is 13.9. The Kier molecular flexibility index (Phi) is 5.54. The van der Waals surface area contributed by atoms with Gasteiger partial charge in [-0.05, 0) is 38.1 Å². The van der Waals surface area contributed by atoms with Crippen LogP contribution in [0.25, 0.3) is 0 Å².